The van der Waals surface area contributed by atoms with Gasteiger partial charge in [-0.05, 0) is 24.5 Å². The van der Waals surface area contributed by atoms with E-state index in [0.29, 0.717) is 0 Å². The number of rotatable bonds is 0. The van der Waals surface area contributed by atoms with Gasteiger partial charge in [-0.1, -0.05) is 23.7 Å². The molecule has 2 heteroatoms. The lowest BCUT2D eigenvalue weighted by molar-refractivity contribution is 0.744. The molecule has 0 spiro atoms. The van der Waals surface area contributed by atoms with Crippen LogP contribution in [0.1, 0.15) is 12.0 Å². The number of nitrogens with zero attached hydrogens (tertiary/aromatic N) is 1. The molecule has 0 aliphatic carbocycles. The Bertz CT molecular complexity index is 296. The Morgan fingerprint density at radius 1 is 1.42 bits per heavy atom. The zero-order valence-electron chi connectivity index (χ0n) is 7.18. The molecule has 12 heavy (non-hydrogen) atoms. The van der Waals surface area contributed by atoms with E-state index >= 15 is 0 Å². The second-order valence-corrected chi connectivity index (χ2v) is 3.68. The van der Waals surface area contributed by atoms with E-state index in [1.54, 1.807) is 0 Å². The Balaban J connectivity index is 2.53. The summed E-state index contributed by atoms with van der Waals surface area (Å²) in [7, 11) is 2.10. The molecule has 0 N–H and O–H groups in total. The van der Waals surface area contributed by atoms with Crippen LogP contribution in [0, 0.1) is 0 Å². The van der Waals surface area contributed by atoms with Crippen molar-refractivity contribution in [2.24, 2.45) is 0 Å². The van der Waals surface area contributed by atoms with Gasteiger partial charge in [0, 0.05) is 13.6 Å². The fraction of sp³-hybridized carbons (Fsp3) is 0.400. The number of fused-ring (bicyclic) bond motifs is 1. The Hall–Kier alpha value is -0.690. The van der Waals surface area contributed by atoms with Crippen LogP contribution in [0.2, 0.25) is 5.02 Å². The highest BCUT2D eigenvalue weighted by Crippen LogP contribution is 2.32. The van der Waals surface area contributed by atoms with Gasteiger partial charge in [0.15, 0.2) is 0 Å². The maximum atomic E-state index is 6.10. The molecule has 1 aromatic carbocycles. The first-order valence-corrected chi connectivity index (χ1v) is 4.65. The standard InChI is InChI=1S/C10H12ClN/c1-12-7-3-5-8-4-2-6-9(11)10(8)12/h2,4,6H,3,5,7H2,1H3. The van der Waals surface area contributed by atoms with E-state index in [1.165, 1.54) is 24.1 Å². The highest BCUT2D eigenvalue weighted by Gasteiger charge is 2.15. The van der Waals surface area contributed by atoms with E-state index in [0.717, 1.165) is 11.6 Å². The number of para-hydroxylation sites is 1. The third-order valence-electron chi connectivity index (χ3n) is 2.39. The molecular weight excluding hydrogens is 170 g/mol. The van der Waals surface area contributed by atoms with Crippen LogP contribution >= 0.6 is 11.6 Å². The van der Waals surface area contributed by atoms with E-state index < -0.39 is 0 Å². The summed E-state index contributed by atoms with van der Waals surface area (Å²) < 4.78 is 0. The fourth-order valence-corrected chi connectivity index (χ4v) is 2.15. The van der Waals surface area contributed by atoms with Gasteiger partial charge < -0.3 is 4.90 Å². The zero-order valence-corrected chi connectivity index (χ0v) is 7.93. The smallest absolute Gasteiger partial charge is 0.0642 e. The molecule has 1 nitrogen and oxygen atoms in total. The molecule has 0 bridgehead atoms. The normalized spacial score (nSPS) is 16.0. The molecule has 1 heterocycles. The van der Waals surface area contributed by atoms with Crippen molar-refractivity contribution in [1.29, 1.82) is 0 Å². The minimum Gasteiger partial charge on any atom is -0.373 e. The molecule has 1 aromatic rings. The molecule has 0 atom stereocenters. The second kappa shape index (κ2) is 2.98. The maximum Gasteiger partial charge on any atom is 0.0642 e. The monoisotopic (exact) mass is 181 g/mol. The SMILES string of the molecule is CN1CCCc2cccc(Cl)c21. The summed E-state index contributed by atoms with van der Waals surface area (Å²) >= 11 is 6.10. The molecular formula is C10H12ClN. The van der Waals surface area contributed by atoms with Gasteiger partial charge in [-0.25, -0.2) is 0 Å². The largest absolute Gasteiger partial charge is 0.373 e. The lowest BCUT2D eigenvalue weighted by atomic mass is 10.0. The van der Waals surface area contributed by atoms with Gasteiger partial charge in [0.05, 0.1) is 10.7 Å². The number of anilines is 1. The van der Waals surface area contributed by atoms with Gasteiger partial charge in [0.2, 0.25) is 0 Å². The summed E-state index contributed by atoms with van der Waals surface area (Å²) in [4.78, 5) is 2.24. The van der Waals surface area contributed by atoms with Crippen LogP contribution in [0.15, 0.2) is 18.2 Å². The fourth-order valence-electron chi connectivity index (χ4n) is 1.81. The lowest BCUT2D eigenvalue weighted by Crippen LogP contribution is -2.24. The first-order chi connectivity index (χ1) is 5.79. The van der Waals surface area contributed by atoms with Gasteiger partial charge >= 0.3 is 0 Å². The van der Waals surface area contributed by atoms with Gasteiger partial charge in [0.1, 0.15) is 0 Å². The van der Waals surface area contributed by atoms with E-state index in [-0.39, 0.29) is 0 Å². The van der Waals surface area contributed by atoms with Crippen molar-refractivity contribution in [2.45, 2.75) is 12.8 Å². The molecule has 0 aromatic heterocycles. The molecule has 0 fully saturated rings. The molecule has 2 rings (SSSR count). The first kappa shape index (κ1) is 7.93. The predicted molar refractivity (Wildman–Crippen MR) is 53.0 cm³/mol. The summed E-state index contributed by atoms with van der Waals surface area (Å²) in [5.74, 6) is 0. The highest BCUT2D eigenvalue weighted by molar-refractivity contribution is 6.33. The molecule has 0 saturated heterocycles. The third kappa shape index (κ3) is 1.18. The van der Waals surface area contributed by atoms with Crippen LogP contribution in [-0.4, -0.2) is 13.6 Å². The average Bonchev–Trinajstić information content (AvgIpc) is 2.04. The van der Waals surface area contributed by atoms with Crippen molar-refractivity contribution < 1.29 is 0 Å². The maximum absolute atomic E-state index is 6.10. The molecule has 0 saturated carbocycles. The van der Waals surface area contributed by atoms with Crippen molar-refractivity contribution >= 4 is 17.3 Å². The Labute approximate surface area is 77.9 Å². The lowest BCUT2D eigenvalue weighted by Gasteiger charge is -2.28. The van der Waals surface area contributed by atoms with Crippen LogP contribution in [0.4, 0.5) is 5.69 Å². The molecule has 0 radical (unpaired) electrons. The topological polar surface area (TPSA) is 3.24 Å². The van der Waals surface area contributed by atoms with Crippen molar-refractivity contribution in [2.75, 3.05) is 18.5 Å². The number of benzene rings is 1. The van der Waals surface area contributed by atoms with Gasteiger partial charge in [0.25, 0.3) is 0 Å². The number of aryl methyl sites for hydroxylation is 1. The Morgan fingerprint density at radius 2 is 2.25 bits per heavy atom. The molecule has 0 unspecified atom stereocenters. The third-order valence-corrected chi connectivity index (χ3v) is 2.70. The average molecular weight is 182 g/mol. The number of halogens is 1. The number of hydrogen-bond donors (Lipinski definition) is 0. The first-order valence-electron chi connectivity index (χ1n) is 4.27. The summed E-state index contributed by atoms with van der Waals surface area (Å²) in [5, 5.41) is 0.884. The van der Waals surface area contributed by atoms with Crippen molar-refractivity contribution in [1.82, 2.24) is 0 Å². The summed E-state index contributed by atoms with van der Waals surface area (Å²) in [6.45, 7) is 1.12. The predicted octanol–water partition coefficient (Wildman–Crippen LogP) is 2.72. The highest BCUT2D eigenvalue weighted by atomic mass is 35.5. The van der Waals surface area contributed by atoms with E-state index in [9.17, 15) is 0 Å². The molecule has 0 amide bonds. The quantitative estimate of drug-likeness (QED) is 0.595. The van der Waals surface area contributed by atoms with Crippen LogP contribution < -0.4 is 4.90 Å². The van der Waals surface area contributed by atoms with Crippen molar-refractivity contribution in [3.63, 3.8) is 0 Å². The van der Waals surface area contributed by atoms with E-state index in [2.05, 4.69) is 18.0 Å². The van der Waals surface area contributed by atoms with Crippen LogP contribution in [0.25, 0.3) is 0 Å². The van der Waals surface area contributed by atoms with Gasteiger partial charge in [-0.3, -0.25) is 0 Å². The van der Waals surface area contributed by atoms with Crippen LogP contribution in [0.3, 0.4) is 0 Å². The molecule has 64 valence electrons. The minimum absolute atomic E-state index is 0.884. The van der Waals surface area contributed by atoms with E-state index in [1.807, 2.05) is 12.1 Å². The molecule has 1 aliphatic rings. The van der Waals surface area contributed by atoms with Crippen LogP contribution in [-0.2, 0) is 6.42 Å². The second-order valence-electron chi connectivity index (χ2n) is 3.27. The van der Waals surface area contributed by atoms with Crippen molar-refractivity contribution in [3.05, 3.63) is 28.8 Å². The Kier molecular flexibility index (Phi) is 1.97. The number of hydrogen-bond acceptors (Lipinski definition) is 1. The van der Waals surface area contributed by atoms with Crippen molar-refractivity contribution in [3.8, 4) is 0 Å². The summed E-state index contributed by atoms with van der Waals surface area (Å²) in [6, 6.07) is 6.15. The zero-order chi connectivity index (χ0) is 8.55. The van der Waals surface area contributed by atoms with Gasteiger partial charge in [-0.2, -0.15) is 0 Å². The molecule has 1 aliphatic heterocycles. The van der Waals surface area contributed by atoms with Crippen LogP contribution in [0.5, 0.6) is 0 Å². The summed E-state index contributed by atoms with van der Waals surface area (Å²) in [5.41, 5.74) is 2.61. The van der Waals surface area contributed by atoms with E-state index in [4.69, 9.17) is 11.6 Å². The van der Waals surface area contributed by atoms with Gasteiger partial charge in [-0.15, -0.1) is 0 Å². The summed E-state index contributed by atoms with van der Waals surface area (Å²) in [6.07, 6.45) is 2.41. The minimum atomic E-state index is 0.884. The Morgan fingerprint density at radius 3 is 3.00 bits per heavy atom.